The molecule has 0 aliphatic rings. The first kappa shape index (κ1) is 16.1. The molecule has 6 heteroatoms. The minimum Gasteiger partial charge on any atom is -0.494 e. The van der Waals surface area contributed by atoms with E-state index >= 15 is 0 Å². The summed E-state index contributed by atoms with van der Waals surface area (Å²) in [6, 6.07) is 8.47. The third-order valence-corrected chi connectivity index (χ3v) is 3.02. The minimum atomic E-state index is -0.293. The smallest absolute Gasteiger partial charge is 0.257 e. The van der Waals surface area contributed by atoms with E-state index in [9.17, 15) is 4.79 Å². The average Bonchev–Trinajstić information content (AvgIpc) is 2.51. The monoisotopic (exact) mass is 320 g/mol. The lowest BCUT2D eigenvalue weighted by Gasteiger charge is -2.13. The van der Waals surface area contributed by atoms with Gasteiger partial charge < -0.3 is 14.8 Å². The molecule has 0 aliphatic carbocycles. The standard InChI is InChI=1S/C16H17ClN2O3/c1-3-21-12-6-7-14(22-4-2)13(9-12)19-16(20)11-5-8-15(17)18-10-11/h5-10H,3-4H2,1-2H3,(H,19,20). The lowest BCUT2D eigenvalue weighted by atomic mass is 10.2. The molecule has 1 aromatic heterocycles. The van der Waals surface area contributed by atoms with Crippen LogP contribution < -0.4 is 14.8 Å². The van der Waals surface area contributed by atoms with E-state index in [4.69, 9.17) is 21.1 Å². The third-order valence-electron chi connectivity index (χ3n) is 2.80. The number of hydrogen-bond donors (Lipinski definition) is 1. The maximum atomic E-state index is 12.3. The van der Waals surface area contributed by atoms with Crippen molar-refractivity contribution >= 4 is 23.2 Å². The maximum Gasteiger partial charge on any atom is 0.257 e. The van der Waals surface area contributed by atoms with Crippen LogP contribution in [0.1, 0.15) is 24.2 Å². The van der Waals surface area contributed by atoms with Gasteiger partial charge in [0.2, 0.25) is 0 Å². The highest BCUT2D eigenvalue weighted by molar-refractivity contribution is 6.29. The number of carbonyl (C=O) groups excluding carboxylic acids is 1. The number of halogens is 1. The van der Waals surface area contributed by atoms with Crippen molar-refractivity contribution < 1.29 is 14.3 Å². The van der Waals surface area contributed by atoms with Gasteiger partial charge in [0.25, 0.3) is 5.91 Å². The fraction of sp³-hybridized carbons (Fsp3) is 0.250. The molecule has 5 nitrogen and oxygen atoms in total. The second-order valence-corrected chi connectivity index (χ2v) is 4.73. The van der Waals surface area contributed by atoms with Crippen LogP contribution >= 0.6 is 11.6 Å². The quantitative estimate of drug-likeness (QED) is 0.823. The van der Waals surface area contributed by atoms with Crippen LogP contribution in [0.15, 0.2) is 36.5 Å². The zero-order valence-corrected chi connectivity index (χ0v) is 13.2. The van der Waals surface area contributed by atoms with E-state index in [-0.39, 0.29) is 5.91 Å². The number of amides is 1. The summed E-state index contributed by atoms with van der Waals surface area (Å²) in [6.45, 7) is 4.82. The number of ether oxygens (including phenoxy) is 2. The summed E-state index contributed by atoms with van der Waals surface area (Å²) < 4.78 is 11.0. The van der Waals surface area contributed by atoms with Crippen molar-refractivity contribution in [3.05, 3.63) is 47.2 Å². The molecule has 2 aromatic rings. The average molecular weight is 321 g/mol. The molecule has 116 valence electrons. The van der Waals surface area contributed by atoms with Crippen molar-refractivity contribution in [1.82, 2.24) is 4.98 Å². The number of anilines is 1. The Kier molecular flexibility index (Phi) is 5.61. The number of nitrogens with one attached hydrogen (secondary N) is 1. The zero-order valence-electron chi connectivity index (χ0n) is 12.4. The van der Waals surface area contributed by atoms with Gasteiger partial charge in [-0.15, -0.1) is 0 Å². The molecule has 1 amide bonds. The number of nitrogens with zero attached hydrogens (tertiary/aromatic N) is 1. The first-order valence-corrected chi connectivity index (χ1v) is 7.34. The molecular formula is C16H17ClN2O3. The van der Waals surface area contributed by atoms with Crippen LogP contribution in [0, 0.1) is 0 Å². The number of carbonyl (C=O) groups is 1. The Balaban J connectivity index is 2.23. The molecule has 1 N–H and O–H groups in total. The van der Waals surface area contributed by atoms with Crippen LogP contribution in [0.25, 0.3) is 0 Å². The highest BCUT2D eigenvalue weighted by atomic mass is 35.5. The number of rotatable bonds is 6. The van der Waals surface area contributed by atoms with Crippen molar-refractivity contribution in [3.63, 3.8) is 0 Å². The fourth-order valence-electron chi connectivity index (χ4n) is 1.85. The molecule has 2 rings (SSSR count). The van der Waals surface area contributed by atoms with E-state index in [1.165, 1.54) is 6.20 Å². The normalized spacial score (nSPS) is 10.1. The number of hydrogen-bond acceptors (Lipinski definition) is 4. The summed E-state index contributed by atoms with van der Waals surface area (Å²) in [4.78, 5) is 16.2. The Morgan fingerprint density at radius 1 is 1.18 bits per heavy atom. The van der Waals surface area contributed by atoms with Crippen molar-refractivity contribution in [3.8, 4) is 11.5 Å². The third kappa shape index (κ3) is 4.11. The van der Waals surface area contributed by atoms with Crippen LogP contribution in [0.2, 0.25) is 5.15 Å². The van der Waals surface area contributed by atoms with Crippen LogP contribution in [-0.4, -0.2) is 24.1 Å². The van der Waals surface area contributed by atoms with Gasteiger partial charge in [-0.05, 0) is 38.1 Å². The van der Waals surface area contributed by atoms with Gasteiger partial charge in [-0.2, -0.15) is 0 Å². The summed E-state index contributed by atoms with van der Waals surface area (Å²) in [7, 11) is 0. The topological polar surface area (TPSA) is 60.5 Å². The highest BCUT2D eigenvalue weighted by Gasteiger charge is 2.12. The lowest BCUT2D eigenvalue weighted by molar-refractivity contribution is 0.102. The van der Waals surface area contributed by atoms with E-state index in [2.05, 4.69) is 10.3 Å². The largest absolute Gasteiger partial charge is 0.494 e. The van der Waals surface area contributed by atoms with Gasteiger partial charge >= 0.3 is 0 Å². The molecular weight excluding hydrogens is 304 g/mol. The van der Waals surface area contributed by atoms with Gasteiger partial charge in [0.05, 0.1) is 24.5 Å². The number of pyridine rings is 1. The van der Waals surface area contributed by atoms with Crippen molar-refractivity contribution in [2.24, 2.45) is 0 Å². The summed E-state index contributed by atoms with van der Waals surface area (Å²) in [5.74, 6) is 0.954. The molecule has 0 unspecified atom stereocenters. The van der Waals surface area contributed by atoms with E-state index < -0.39 is 0 Å². The first-order valence-electron chi connectivity index (χ1n) is 6.96. The zero-order chi connectivity index (χ0) is 15.9. The van der Waals surface area contributed by atoms with Crippen molar-refractivity contribution in [2.45, 2.75) is 13.8 Å². The van der Waals surface area contributed by atoms with E-state index in [1.807, 2.05) is 13.8 Å². The molecule has 0 fully saturated rings. The summed E-state index contributed by atoms with van der Waals surface area (Å²) >= 11 is 5.72. The van der Waals surface area contributed by atoms with Crippen LogP contribution in [0.4, 0.5) is 5.69 Å². The van der Waals surface area contributed by atoms with E-state index in [1.54, 1.807) is 30.3 Å². The Labute approximate surface area is 134 Å². The van der Waals surface area contributed by atoms with Crippen LogP contribution in [-0.2, 0) is 0 Å². The minimum absolute atomic E-state index is 0.293. The molecule has 0 bridgehead atoms. The fourth-order valence-corrected chi connectivity index (χ4v) is 1.96. The van der Waals surface area contributed by atoms with Gasteiger partial charge in [0.15, 0.2) is 0 Å². The van der Waals surface area contributed by atoms with Gasteiger partial charge in [-0.3, -0.25) is 4.79 Å². The van der Waals surface area contributed by atoms with Crippen molar-refractivity contribution in [2.75, 3.05) is 18.5 Å². The molecule has 22 heavy (non-hydrogen) atoms. The Bertz CT molecular complexity index is 644. The lowest BCUT2D eigenvalue weighted by Crippen LogP contribution is -2.13. The van der Waals surface area contributed by atoms with E-state index in [0.29, 0.717) is 41.1 Å². The first-order chi connectivity index (χ1) is 10.6. The number of benzene rings is 1. The Morgan fingerprint density at radius 3 is 2.59 bits per heavy atom. The molecule has 1 aromatic carbocycles. The molecule has 1 heterocycles. The molecule has 0 saturated carbocycles. The molecule has 0 atom stereocenters. The van der Waals surface area contributed by atoms with Gasteiger partial charge in [0.1, 0.15) is 16.7 Å². The highest BCUT2D eigenvalue weighted by Crippen LogP contribution is 2.29. The maximum absolute atomic E-state index is 12.3. The summed E-state index contributed by atoms with van der Waals surface area (Å²) in [5, 5.41) is 3.14. The van der Waals surface area contributed by atoms with E-state index in [0.717, 1.165) is 0 Å². The Morgan fingerprint density at radius 2 is 1.95 bits per heavy atom. The summed E-state index contributed by atoms with van der Waals surface area (Å²) in [5.41, 5.74) is 0.960. The predicted octanol–water partition coefficient (Wildman–Crippen LogP) is 3.78. The SMILES string of the molecule is CCOc1ccc(OCC)c(NC(=O)c2ccc(Cl)nc2)c1. The predicted molar refractivity (Wildman–Crippen MR) is 86.0 cm³/mol. The van der Waals surface area contributed by atoms with Gasteiger partial charge in [-0.25, -0.2) is 4.98 Å². The Hall–Kier alpha value is -2.27. The number of aromatic nitrogens is 1. The van der Waals surface area contributed by atoms with Gasteiger partial charge in [-0.1, -0.05) is 11.6 Å². The molecule has 0 radical (unpaired) electrons. The van der Waals surface area contributed by atoms with Crippen molar-refractivity contribution in [1.29, 1.82) is 0 Å². The second-order valence-electron chi connectivity index (χ2n) is 4.35. The van der Waals surface area contributed by atoms with Gasteiger partial charge in [0, 0.05) is 12.3 Å². The molecule has 0 saturated heterocycles. The second kappa shape index (κ2) is 7.66. The molecule has 0 aliphatic heterocycles. The van der Waals surface area contributed by atoms with Crippen LogP contribution in [0.5, 0.6) is 11.5 Å². The summed E-state index contributed by atoms with van der Waals surface area (Å²) in [6.07, 6.45) is 1.42. The van der Waals surface area contributed by atoms with Crippen LogP contribution in [0.3, 0.4) is 0 Å². The molecule has 0 spiro atoms.